The summed E-state index contributed by atoms with van der Waals surface area (Å²) >= 11 is 1.48. The third kappa shape index (κ3) is 2.36. The molecule has 1 N–H and O–H groups in total. The average molecular weight is 216 g/mol. The van der Waals surface area contributed by atoms with Crippen molar-refractivity contribution in [2.45, 2.75) is 23.2 Å². The fourth-order valence-corrected chi connectivity index (χ4v) is 3.61. The molecule has 72 valence electrons. The Morgan fingerprint density at radius 3 is 3.31 bits per heavy atom. The molecule has 0 saturated carbocycles. The van der Waals surface area contributed by atoms with Crippen molar-refractivity contribution in [1.29, 1.82) is 0 Å². The van der Waals surface area contributed by atoms with Gasteiger partial charge in [-0.2, -0.15) is 0 Å². The van der Waals surface area contributed by atoms with Crippen LogP contribution in [0.15, 0.2) is 15.9 Å². The SMILES string of the molecule is O=S(CC1CCCN1)c1nccs1. The fraction of sp³-hybridized carbons (Fsp3) is 0.625. The summed E-state index contributed by atoms with van der Waals surface area (Å²) in [5, 5.41) is 5.20. The van der Waals surface area contributed by atoms with Crippen LogP contribution in [-0.2, 0) is 10.8 Å². The predicted octanol–water partition coefficient (Wildman–Crippen LogP) is 1.00. The summed E-state index contributed by atoms with van der Waals surface area (Å²) in [7, 11) is -0.897. The fourth-order valence-electron chi connectivity index (χ4n) is 1.48. The Bertz CT molecular complexity index is 280. The van der Waals surface area contributed by atoms with Gasteiger partial charge in [0.15, 0.2) is 4.34 Å². The maximum atomic E-state index is 11.7. The first kappa shape index (κ1) is 9.30. The van der Waals surface area contributed by atoms with E-state index in [9.17, 15) is 4.21 Å². The molecule has 1 aliphatic rings. The van der Waals surface area contributed by atoms with Gasteiger partial charge >= 0.3 is 0 Å². The third-order valence-electron chi connectivity index (χ3n) is 2.12. The molecule has 1 fully saturated rings. The van der Waals surface area contributed by atoms with Gasteiger partial charge in [-0.15, -0.1) is 11.3 Å². The number of aromatic nitrogens is 1. The molecule has 1 aliphatic heterocycles. The van der Waals surface area contributed by atoms with Gasteiger partial charge in [-0.3, -0.25) is 4.21 Å². The molecule has 0 radical (unpaired) electrons. The monoisotopic (exact) mass is 216 g/mol. The number of nitrogens with zero attached hydrogens (tertiary/aromatic N) is 1. The number of hydrogen-bond donors (Lipinski definition) is 1. The van der Waals surface area contributed by atoms with Crippen molar-refractivity contribution in [2.24, 2.45) is 0 Å². The van der Waals surface area contributed by atoms with Crippen molar-refractivity contribution in [1.82, 2.24) is 10.3 Å². The van der Waals surface area contributed by atoms with Crippen LogP contribution in [0.1, 0.15) is 12.8 Å². The largest absolute Gasteiger partial charge is 0.313 e. The minimum atomic E-state index is -0.897. The molecule has 5 heteroatoms. The lowest BCUT2D eigenvalue weighted by Gasteiger charge is -2.07. The summed E-state index contributed by atoms with van der Waals surface area (Å²) < 4.78 is 12.4. The van der Waals surface area contributed by atoms with E-state index in [1.54, 1.807) is 6.20 Å². The van der Waals surface area contributed by atoms with Crippen LogP contribution in [0.4, 0.5) is 0 Å². The van der Waals surface area contributed by atoms with E-state index in [2.05, 4.69) is 10.3 Å². The van der Waals surface area contributed by atoms with Crippen LogP contribution in [0.5, 0.6) is 0 Å². The summed E-state index contributed by atoms with van der Waals surface area (Å²) in [5.74, 6) is 0.716. The maximum absolute atomic E-state index is 11.7. The van der Waals surface area contributed by atoms with Crippen LogP contribution in [0.25, 0.3) is 0 Å². The highest BCUT2D eigenvalue weighted by molar-refractivity contribution is 7.87. The molecule has 0 amide bonds. The lowest BCUT2D eigenvalue weighted by atomic mass is 10.3. The Labute approximate surface area is 84.0 Å². The standard InChI is InChI=1S/C8H12N2OS2/c11-13(8-10-4-5-12-8)6-7-2-1-3-9-7/h4-5,7,9H,1-3,6H2. The van der Waals surface area contributed by atoms with Crippen molar-refractivity contribution in [3.05, 3.63) is 11.6 Å². The van der Waals surface area contributed by atoms with Crippen molar-refractivity contribution < 1.29 is 4.21 Å². The van der Waals surface area contributed by atoms with Crippen LogP contribution >= 0.6 is 11.3 Å². The molecule has 2 unspecified atom stereocenters. The molecule has 3 nitrogen and oxygen atoms in total. The van der Waals surface area contributed by atoms with E-state index in [0.717, 1.165) is 17.3 Å². The van der Waals surface area contributed by atoms with Crippen LogP contribution in [0.2, 0.25) is 0 Å². The minimum Gasteiger partial charge on any atom is -0.313 e. The highest BCUT2D eigenvalue weighted by Crippen LogP contribution is 2.13. The Morgan fingerprint density at radius 2 is 2.69 bits per heavy atom. The summed E-state index contributed by atoms with van der Waals surface area (Å²) in [6.07, 6.45) is 4.07. The molecule has 0 aromatic carbocycles. The van der Waals surface area contributed by atoms with Gasteiger partial charge in [0.05, 0.1) is 10.8 Å². The zero-order valence-electron chi connectivity index (χ0n) is 7.23. The van der Waals surface area contributed by atoms with Gasteiger partial charge in [-0.25, -0.2) is 4.98 Å². The van der Waals surface area contributed by atoms with Crippen molar-refractivity contribution in [3.8, 4) is 0 Å². The normalized spacial score (nSPS) is 24.8. The molecule has 1 aromatic heterocycles. The molecule has 13 heavy (non-hydrogen) atoms. The van der Waals surface area contributed by atoms with Gasteiger partial charge in [0.2, 0.25) is 0 Å². The quantitative estimate of drug-likeness (QED) is 0.819. The highest BCUT2D eigenvalue weighted by atomic mass is 32.2. The van der Waals surface area contributed by atoms with Crippen LogP contribution in [0, 0.1) is 0 Å². The predicted molar refractivity (Wildman–Crippen MR) is 54.4 cm³/mol. The minimum absolute atomic E-state index is 0.435. The third-order valence-corrected chi connectivity index (χ3v) is 4.73. The van der Waals surface area contributed by atoms with Crippen LogP contribution in [0.3, 0.4) is 0 Å². The highest BCUT2D eigenvalue weighted by Gasteiger charge is 2.18. The van der Waals surface area contributed by atoms with Crippen molar-refractivity contribution in [2.75, 3.05) is 12.3 Å². The van der Waals surface area contributed by atoms with Crippen LogP contribution in [-0.4, -0.2) is 27.5 Å². The zero-order chi connectivity index (χ0) is 9.10. The maximum Gasteiger partial charge on any atom is 0.180 e. The number of rotatable bonds is 3. The van der Waals surface area contributed by atoms with Crippen molar-refractivity contribution in [3.63, 3.8) is 0 Å². The van der Waals surface area contributed by atoms with Gasteiger partial charge in [-0.1, -0.05) is 0 Å². The zero-order valence-corrected chi connectivity index (χ0v) is 8.87. The van der Waals surface area contributed by atoms with Gasteiger partial charge in [0, 0.05) is 23.4 Å². The molecule has 0 aliphatic carbocycles. The second-order valence-electron chi connectivity index (χ2n) is 3.10. The summed E-state index contributed by atoms with van der Waals surface area (Å²) in [6, 6.07) is 0.435. The van der Waals surface area contributed by atoms with E-state index in [4.69, 9.17) is 0 Å². The lowest BCUT2D eigenvalue weighted by molar-refractivity contribution is 0.643. The smallest absolute Gasteiger partial charge is 0.180 e. The molecule has 2 rings (SSSR count). The summed E-state index contributed by atoms with van der Waals surface area (Å²) in [5.41, 5.74) is 0. The van der Waals surface area contributed by atoms with E-state index < -0.39 is 10.8 Å². The van der Waals surface area contributed by atoms with E-state index in [-0.39, 0.29) is 0 Å². The lowest BCUT2D eigenvalue weighted by Crippen LogP contribution is -2.27. The van der Waals surface area contributed by atoms with Crippen LogP contribution < -0.4 is 5.32 Å². The molecule has 2 heterocycles. The van der Waals surface area contributed by atoms with Gasteiger partial charge in [0.25, 0.3) is 0 Å². The molecule has 2 atom stereocenters. The molecule has 0 bridgehead atoms. The second kappa shape index (κ2) is 4.30. The first-order chi connectivity index (χ1) is 6.36. The average Bonchev–Trinajstić information content (AvgIpc) is 2.74. The summed E-state index contributed by atoms with van der Waals surface area (Å²) in [4.78, 5) is 4.05. The molecule has 1 aromatic rings. The van der Waals surface area contributed by atoms with Gasteiger partial charge in [0.1, 0.15) is 0 Å². The Morgan fingerprint density at radius 1 is 1.77 bits per heavy atom. The number of hydrogen-bond acceptors (Lipinski definition) is 4. The molecular formula is C8H12N2OS2. The van der Waals surface area contributed by atoms with E-state index in [1.807, 2.05) is 5.38 Å². The van der Waals surface area contributed by atoms with Crippen molar-refractivity contribution >= 4 is 22.1 Å². The molecule has 1 saturated heterocycles. The van der Waals surface area contributed by atoms with Gasteiger partial charge in [-0.05, 0) is 19.4 Å². The summed E-state index contributed by atoms with van der Waals surface area (Å²) in [6.45, 7) is 1.07. The van der Waals surface area contributed by atoms with E-state index in [0.29, 0.717) is 11.8 Å². The topological polar surface area (TPSA) is 42.0 Å². The van der Waals surface area contributed by atoms with Gasteiger partial charge < -0.3 is 5.32 Å². The Hall–Kier alpha value is -0.260. The van der Waals surface area contributed by atoms with E-state index >= 15 is 0 Å². The first-order valence-electron chi connectivity index (χ1n) is 4.37. The molecular weight excluding hydrogens is 204 g/mol. The Kier molecular flexibility index (Phi) is 3.08. The Balaban J connectivity index is 1.91. The first-order valence-corrected chi connectivity index (χ1v) is 6.57. The molecule has 0 spiro atoms. The van der Waals surface area contributed by atoms with E-state index in [1.165, 1.54) is 17.8 Å². The second-order valence-corrected chi connectivity index (χ2v) is 5.67. The number of thiazole rings is 1. The number of nitrogens with one attached hydrogen (secondary N) is 1.